The summed E-state index contributed by atoms with van der Waals surface area (Å²) in [6.45, 7) is 0. The Morgan fingerprint density at radius 2 is 0.985 bits per heavy atom. The standard InChI is InChI=1S/C56H40O12/c57-33-10-4-28(5-11-33)49-51(42-23-40(64)26-47-53(42)54(43-22-39(63)24-45(66)52(43)49)56(68-47)30-8-14-35(59)15-9-30)41-17-27(2-16-44(41)65)1-3-31-18-38(62)25-46-48(31)50(32-19-36(60)21-37(61)20-32)55(67-46)29-6-12-34(58)13-7-29/h1-26,49,51,54,56-66H/b3-1+/t49-,51-,54-,56+/m0/s1. The minimum atomic E-state index is -0.866. The molecule has 1 aromatic heterocycles. The zero-order chi connectivity index (χ0) is 47.1. The van der Waals surface area contributed by atoms with Gasteiger partial charge in [-0.05, 0) is 130 Å². The topological polar surface area (TPSA) is 225 Å². The second kappa shape index (κ2) is 15.8. The number of benzene rings is 8. The SMILES string of the molecule is Oc1ccc(-c2oc3cc(O)cc(/C=C/c4ccc(O)c([C@H]5c6cc(O)cc7c6[C@H](c6cc(O)cc(O)c6[C@H]5c5ccc(O)cc5)[C@@H](c5ccc(O)cc5)O7)c4)c3c2-c2cc(O)cc(O)c2)cc1. The minimum absolute atomic E-state index is 0.00191. The predicted octanol–water partition coefficient (Wildman–Crippen LogP) is 11.5. The smallest absolute Gasteiger partial charge is 0.143 e. The van der Waals surface area contributed by atoms with Crippen molar-refractivity contribution in [1.29, 1.82) is 0 Å². The van der Waals surface area contributed by atoms with Gasteiger partial charge in [-0.1, -0.05) is 42.5 Å². The highest BCUT2D eigenvalue weighted by molar-refractivity contribution is 6.07. The van der Waals surface area contributed by atoms with Crippen LogP contribution in [0.2, 0.25) is 0 Å². The number of phenols is 10. The molecule has 2 aliphatic rings. The van der Waals surface area contributed by atoms with Gasteiger partial charge in [0.2, 0.25) is 0 Å². The van der Waals surface area contributed by atoms with E-state index in [4.69, 9.17) is 9.15 Å². The molecule has 0 saturated carbocycles. The highest BCUT2D eigenvalue weighted by atomic mass is 16.5. The van der Waals surface area contributed by atoms with Crippen molar-refractivity contribution in [3.63, 3.8) is 0 Å². The van der Waals surface area contributed by atoms with E-state index in [1.165, 1.54) is 72.8 Å². The monoisotopic (exact) mass is 904 g/mol. The van der Waals surface area contributed by atoms with Crippen molar-refractivity contribution in [3.05, 3.63) is 196 Å². The van der Waals surface area contributed by atoms with Crippen molar-refractivity contribution in [1.82, 2.24) is 0 Å². The van der Waals surface area contributed by atoms with Crippen LogP contribution in [0, 0.1) is 0 Å². The molecule has 0 fully saturated rings. The maximum Gasteiger partial charge on any atom is 0.143 e. The van der Waals surface area contributed by atoms with E-state index < -0.39 is 23.9 Å². The summed E-state index contributed by atoms with van der Waals surface area (Å²) in [5, 5.41) is 110. The van der Waals surface area contributed by atoms with E-state index in [0.29, 0.717) is 83.7 Å². The maximum absolute atomic E-state index is 12.1. The van der Waals surface area contributed by atoms with Gasteiger partial charge >= 0.3 is 0 Å². The Morgan fingerprint density at radius 3 is 1.66 bits per heavy atom. The Morgan fingerprint density at radius 1 is 0.397 bits per heavy atom. The third-order valence-electron chi connectivity index (χ3n) is 13.0. The number of furan rings is 1. The largest absolute Gasteiger partial charge is 0.508 e. The summed E-state index contributed by atoms with van der Waals surface area (Å²) < 4.78 is 13.1. The van der Waals surface area contributed by atoms with E-state index in [2.05, 4.69) is 0 Å². The minimum Gasteiger partial charge on any atom is -0.508 e. The molecule has 11 rings (SSSR count). The molecule has 4 atom stereocenters. The summed E-state index contributed by atoms with van der Waals surface area (Å²) in [4.78, 5) is 0. The molecule has 9 aromatic rings. The van der Waals surface area contributed by atoms with Crippen molar-refractivity contribution in [2.75, 3.05) is 0 Å². The van der Waals surface area contributed by atoms with Crippen LogP contribution in [0.1, 0.15) is 73.9 Å². The molecule has 0 bridgehead atoms. The lowest BCUT2D eigenvalue weighted by Gasteiger charge is -2.31. The molecule has 0 unspecified atom stereocenters. The highest BCUT2D eigenvalue weighted by Crippen LogP contribution is 2.63. The normalized spacial score (nSPS) is 17.2. The number of rotatable bonds is 7. The molecule has 12 nitrogen and oxygen atoms in total. The quantitative estimate of drug-likeness (QED) is 0.0675. The third kappa shape index (κ3) is 7.02. The highest BCUT2D eigenvalue weighted by Gasteiger charge is 2.48. The number of fused-ring (bicyclic) bond motifs is 3. The third-order valence-corrected chi connectivity index (χ3v) is 13.0. The second-order valence-corrected chi connectivity index (χ2v) is 17.2. The average molecular weight is 905 g/mol. The Labute approximate surface area is 387 Å². The van der Waals surface area contributed by atoms with Gasteiger partial charge in [-0.15, -0.1) is 0 Å². The van der Waals surface area contributed by atoms with Crippen LogP contribution in [0.4, 0.5) is 0 Å². The second-order valence-electron chi connectivity index (χ2n) is 17.2. The molecule has 1 aliphatic heterocycles. The van der Waals surface area contributed by atoms with Crippen molar-refractivity contribution >= 4 is 23.1 Å². The zero-order valence-electron chi connectivity index (χ0n) is 35.6. The molecular weight excluding hydrogens is 865 g/mol. The Hall–Kier alpha value is -9.16. The molecule has 68 heavy (non-hydrogen) atoms. The van der Waals surface area contributed by atoms with E-state index in [0.717, 1.165) is 0 Å². The summed E-state index contributed by atoms with van der Waals surface area (Å²) in [6.07, 6.45) is 2.79. The van der Waals surface area contributed by atoms with Gasteiger partial charge in [-0.2, -0.15) is 0 Å². The zero-order valence-corrected chi connectivity index (χ0v) is 35.6. The number of phenolic OH excluding ortho intramolecular Hbond substituents is 10. The fraction of sp³-hybridized carbons (Fsp3) is 0.0714. The van der Waals surface area contributed by atoms with E-state index in [1.54, 1.807) is 84.9 Å². The van der Waals surface area contributed by atoms with Gasteiger partial charge in [-0.3, -0.25) is 0 Å². The van der Waals surface area contributed by atoms with Crippen LogP contribution in [0.25, 0.3) is 45.6 Å². The van der Waals surface area contributed by atoms with Crippen molar-refractivity contribution in [2.24, 2.45) is 0 Å². The molecule has 1 aliphatic carbocycles. The van der Waals surface area contributed by atoms with Crippen LogP contribution < -0.4 is 4.74 Å². The first-order valence-corrected chi connectivity index (χ1v) is 21.6. The van der Waals surface area contributed by atoms with Crippen molar-refractivity contribution < 1.29 is 60.2 Å². The molecule has 0 radical (unpaired) electrons. The van der Waals surface area contributed by atoms with Gasteiger partial charge < -0.3 is 60.2 Å². The molecule has 336 valence electrons. The first-order chi connectivity index (χ1) is 32.8. The lowest BCUT2D eigenvalue weighted by molar-refractivity contribution is 0.221. The molecule has 10 N–H and O–H groups in total. The number of hydrogen-bond acceptors (Lipinski definition) is 12. The summed E-state index contributed by atoms with van der Waals surface area (Å²) >= 11 is 0. The van der Waals surface area contributed by atoms with Gasteiger partial charge in [0, 0.05) is 69.3 Å². The van der Waals surface area contributed by atoms with Gasteiger partial charge in [0.1, 0.15) is 80.7 Å². The summed E-state index contributed by atoms with van der Waals surface area (Å²) in [7, 11) is 0. The first-order valence-electron chi connectivity index (χ1n) is 21.6. The molecule has 0 spiro atoms. The molecule has 8 aromatic carbocycles. The molecule has 0 amide bonds. The fourth-order valence-corrected chi connectivity index (χ4v) is 10.2. The first kappa shape index (κ1) is 41.5. The van der Waals surface area contributed by atoms with Crippen LogP contribution in [-0.2, 0) is 0 Å². The van der Waals surface area contributed by atoms with Crippen LogP contribution in [0.15, 0.2) is 150 Å². The van der Waals surface area contributed by atoms with Crippen LogP contribution >= 0.6 is 0 Å². The number of ether oxygens (including phenoxy) is 1. The van der Waals surface area contributed by atoms with Crippen LogP contribution in [0.5, 0.6) is 63.2 Å². The van der Waals surface area contributed by atoms with Gasteiger partial charge in [-0.25, -0.2) is 0 Å². The summed E-state index contributed by atoms with van der Waals surface area (Å²) in [5.74, 6) is -2.75. The molecule has 12 heteroatoms. The van der Waals surface area contributed by atoms with Gasteiger partial charge in [0.15, 0.2) is 0 Å². The van der Waals surface area contributed by atoms with Crippen LogP contribution in [0.3, 0.4) is 0 Å². The maximum atomic E-state index is 12.1. The summed E-state index contributed by atoms with van der Waals surface area (Å²) in [6, 6.07) is 37.5. The van der Waals surface area contributed by atoms with Crippen LogP contribution in [-0.4, -0.2) is 51.1 Å². The fourth-order valence-electron chi connectivity index (χ4n) is 10.2. The van der Waals surface area contributed by atoms with Crippen molar-refractivity contribution in [2.45, 2.75) is 23.9 Å². The lowest BCUT2D eigenvalue weighted by Crippen LogP contribution is -2.16. The van der Waals surface area contributed by atoms with E-state index in [1.807, 2.05) is 0 Å². The predicted molar refractivity (Wildman–Crippen MR) is 254 cm³/mol. The number of hydrogen-bond donors (Lipinski definition) is 10. The van der Waals surface area contributed by atoms with Gasteiger partial charge in [0.25, 0.3) is 0 Å². The Bertz CT molecular complexity index is 3480. The van der Waals surface area contributed by atoms with Gasteiger partial charge in [0.05, 0.1) is 5.92 Å². The molecular formula is C56H40O12. The average Bonchev–Trinajstić information content (AvgIpc) is 3.84. The Kier molecular flexibility index (Phi) is 9.64. The lowest BCUT2D eigenvalue weighted by atomic mass is 9.73. The number of aromatic hydroxyl groups is 10. The van der Waals surface area contributed by atoms with E-state index in [9.17, 15) is 51.1 Å². The Balaban J connectivity index is 1.13. The van der Waals surface area contributed by atoms with E-state index in [-0.39, 0.29) is 63.1 Å². The molecule has 0 saturated heterocycles. The summed E-state index contributed by atoms with van der Waals surface area (Å²) in [5.41, 5.74) is 6.68. The van der Waals surface area contributed by atoms with Crippen molar-refractivity contribution in [3.8, 4) is 85.7 Å². The van der Waals surface area contributed by atoms with E-state index >= 15 is 0 Å². The molecule has 2 heterocycles.